The maximum absolute atomic E-state index is 12.8. The van der Waals surface area contributed by atoms with Crippen molar-refractivity contribution < 1.29 is 19.4 Å². The number of aliphatic hydroxyl groups is 1. The zero-order valence-electron chi connectivity index (χ0n) is 17.2. The molecule has 0 aromatic heterocycles. The molecule has 6 nitrogen and oxygen atoms in total. The summed E-state index contributed by atoms with van der Waals surface area (Å²) in [6, 6.07) is 7.66. The van der Waals surface area contributed by atoms with E-state index >= 15 is 0 Å². The SMILES string of the molecule is COc1ccccc1/C=C1\SC(=S)N(CCCC(=O)N2CCCC[C@H]2CCO)C1=O. The average Bonchev–Trinajstić information content (AvgIpc) is 3.02. The molecule has 0 aliphatic carbocycles. The summed E-state index contributed by atoms with van der Waals surface area (Å²) in [5.74, 6) is 0.676. The van der Waals surface area contributed by atoms with E-state index in [1.165, 1.54) is 11.8 Å². The summed E-state index contributed by atoms with van der Waals surface area (Å²) < 4.78 is 5.87. The first-order chi connectivity index (χ1) is 14.5. The van der Waals surface area contributed by atoms with Crippen molar-refractivity contribution in [2.45, 2.75) is 44.6 Å². The topological polar surface area (TPSA) is 70.1 Å². The van der Waals surface area contributed by atoms with Gasteiger partial charge in [0.05, 0.1) is 12.0 Å². The monoisotopic (exact) mass is 448 g/mol. The molecule has 2 fully saturated rings. The maximum atomic E-state index is 12.8. The second kappa shape index (κ2) is 10.9. The normalized spacial score (nSPS) is 20.9. The highest BCUT2D eigenvalue weighted by molar-refractivity contribution is 8.26. The van der Waals surface area contributed by atoms with Crippen molar-refractivity contribution in [2.24, 2.45) is 0 Å². The fourth-order valence-corrected chi connectivity index (χ4v) is 5.23. The molecule has 162 valence electrons. The largest absolute Gasteiger partial charge is 0.496 e. The Morgan fingerprint density at radius 1 is 1.37 bits per heavy atom. The molecule has 1 N–H and O–H groups in total. The van der Waals surface area contributed by atoms with Crippen LogP contribution in [0.15, 0.2) is 29.2 Å². The van der Waals surface area contributed by atoms with Crippen LogP contribution in [0.25, 0.3) is 6.08 Å². The molecule has 0 saturated carbocycles. The number of hydrogen-bond acceptors (Lipinski definition) is 6. The summed E-state index contributed by atoms with van der Waals surface area (Å²) >= 11 is 6.68. The van der Waals surface area contributed by atoms with E-state index in [4.69, 9.17) is 17.0 Å². The van der Waals surface area contributed by atoms with Crippen molar-refractivity contribution in [1.29, 1.82) is 0 Å². The van der Waals surface area contributed by atoms with E-state index in [9.17, 15) is 14.7 Å². The third-order valence-corrected chi connectivity index (χ3v) is 6.86. The van der Waals surface area contributed by atoms with E-state index in [0.29, 0.717) is 40.8 Å². The van der Waals surface area contributed by atoms with Crippen LogP contribution in [0.5, 0.6) is 5.75 Å². The Labute approximate surface area is 187 Å². The second-order valence-corrected chi connectivity index (χ2v) is 9.10. The number of aliphatic hydroxyl groups excluding tert-OH is 1. The average molecular weight is 449 g/mol. The quantitative estimate of drug-likeness (QED) is 0.485. The van der Waals surface area contributed by atoms with Crippen molar-refractivity contribution in [2.75, 3.05) is 26.8 Å². The van der Waals surface area contributed by atoms with Crippen LogP contribution in [0.1, 0.15) is 44.1 Å². The Kier molecular flexibility index (Phi) is 8.30. The molecule has 0 unspecified atom stereocenters. The molecule has 1 atom stereocenters. The Bertz CT molecular complexity index is 825. The molecule has 2 aliphatic heterocycles. The molecule has 2 heterocycles. The summed E-state index contributed by atoms with van der Waals surface area (Å²) in [6.07, 6.45) is 6.44. The van der Waals surface area contributed by atoms with E-state index in [1.54, 1.807) is 18.1 Å². The van der Waals surface area contributed by atoms with Gasteiger partial charge in [0.25, 0.3) is 5.91 Å². The number of likely N-dealkylation sites (tertiary alicyclic amines) is 1. The van der Waals surface area contributed by atoms with Crippen LogP contribution < -0.4 is 4.74 Å². The molecule has 0 radical (unpaired) electrons. The molecule has 0 bridgehead atoms. The molecule has 1 aromatic rings. The lowest BCUT2D eigenvalue weighted by Crippen LogP contribution is -2.44. The van der Waals surface area contributed by atoms with Crippen LogP contribution in [0, 0.1) is 0 Å². The standard InChI is InChI=1S/C22H28N2O4S2/c1-28-18-9-3-2-7-16(18)15-19-21(27)24(22(29)30-19)13-6-10-20(26)23-12-5-4-8-17(23)11-14-25/h2-3,7,9,15,17,25H,4-6,8,10-14H2,1H3/b19-15-/t17-/m0/s1. The van der Waals surface area contributed by atoms with Crippen molar-refractivity contribution >= 4 is 46.2 Å². The van der Waals surface area contributed by atoms with Crippen LogP contribution in [0.4, 0.5) is 0 Å². The van der Waals surface area contributed by atoms with E-state index in [-0.39, 0.29) is 24.5 Å². The number of benzene rings is 1. The van der Waals surface area contributed by atoms with Crippen LogP contribution >= 0.6 is 24.0 Å². The fourth-order valence-electron chi connectivity index (χ4n) is 3.93. The van der Waals surface area contributed by atoms with Crippen molar-refractivity contribution in [3.05, 3.63) is 34.7 Å². The molecule has 3 rings (SSSR count). The summed E-state index contributed by atoms with van der Waals surface area (Å²) in [7, 11) is 1.60. The fraction of sp³-hybridized carbons (Fsp3) is 0.500. The minimum absolute atomic E-state index is 0.100. The number of carbonyl (C=O) groups excluding carboxylic acids is 2. The number of piperidine rings is 1. The lowest BCUT2D eigenvalue weighted by molar-refractivity contribution is -0.135. The molecule has 2 saturated heterocycles. The van der Waals surface area contributed by atoms with Crippen LogP contribution in [0.2, 0.25) is 0 Å². The molecule has 8 heteroatoms. The molecule has 2 amide bonds. The summed E-state index contributed by atoms with van der Waals surface area (Å²) in [5.41, 5.74) is 0.829. The number of ether oxygens (including phenoxy) is 1. The van der Waals surface area contributed by atoms with Crippen molar-refractivity contribution in [3.8, 4) is 5.75 Å². The van der Waals surface area contributed by atoms with Gasteiger partial charge in [-0.05, 0) is 44.2 Å². The number of para-hydroxylation sites is 1. The van der Waals surface area contributed by atoms with Gasteiger partial charge in [-0.25, -0.2) is 0 Å². The molecule has 0 spiro atoms. The Morgan fingerprint density at radius 3 is 2.93 bits per heavy atom. The number of thioether (sulfide) groups is 1. The van der Waals surface area contributed by atoms with Crippen LogP contribution in [-0.4, -0.2) is 63.9 Å². The van der Waals surface area contributed by atoms with Gasteiger partial charge >= 0.3 is 0 Å². The van der Waals surface area contributed by atoms with Crippen LogP contribution in [-0.2, 0) is 9.59 Å². The van der Waals surface area contributed by atoms with E-state index in [0.717, 1.165) is 31.4 Å². The van der Waals surface area contributed by atoms with Crippen LogP contribution in [0.3, 0.4) is 0 Å². The van der Waals surface area contributed by atoms with E-state index in [1.807, 2.05) is 29.2 Å². The van der Waals surface area contributed by atoms with Gasteiger partial charge in [0.15, 0.2) is 0 Å². The molecule has 2 aliphatic rings. The highest BCUT2D eigenvalue weighted by atomic mass is 32.2. The summed E-state index contributed by atoms with van der Waals surface area (Å²) in [5, 5.41) is 9.25. The maximum Gasteiger partial charge on any atom is 0.266 e. The first kappa shape index (κ1) is 22.8. The minimum Gasteiger partial charge on any atom is -0.496 e. The molecular weight excluding hydrogens is 420 g/mol. The third-order valence-electron chi connectivity index (χ3n) is 5.48. The summed E-state index contributed by atoms with van der Waals surface area (Å²) in [6.45, 7) is 1.29. The van der Waals surface area contributed by atoms with E-state index < -0.39 is 0 Å². The van der Waals surface area contributed by atoms with Gasteiger partial charge in [0, 0.05) is 37.7 Å². The zero-order valence-corrected chi connectivity index (χ0v) is 18.8. The van der Waals surface area contributed by atoms with Gasteiger partial charge in [0.2, 0.25) is 5.91 Å². The third kappa shape index (κ3) is 5.42. The lowest BCUT2D eigenvalue weighted by atomic mass is 9.99. The minimum atomic E-state index is -0.125. The van der Waals surface area contributed by atoms with Gasteiger partial charge in [-0.1, -0.05) is 42.2 Å². The first-order valence-electron chi connectivity index (χ1n) is 10.3. The number of nitrogens with zero attached hydrogens (tertiary/aromatic N) is 2. The first-order valence-corrected chi connectivity index (χ1v) is 11.6. The van der Waals surface area contributed by atoms with Gasteiger partial charge in [0.1, 0.15) is 10.1 Å². The summed E-state index contributed by atoms with van der Waals surface area (Å²) in [4.78, 5) is 29.5. The number of thiocarbonyl (C=S) groups is 1. The Balaban J connectivity index is 1.57. The number of amides is 2. The van der Waals surface area contributed by atoms with Crippen molar-refractivity contribution in [1.82, 2.24) is 9.80 Å². The molecule has 1 aromatic carbocycles. The Hall–Kier alpha value is -1.90. The predicted molar refractivity (Wildman–Crippen MR) is 123 cm³/mol. The zero-order chi connectivity index (χ0) is 21.5. The number of carbonyl (C=O) groups is 2. The highest BCUT2D eigenvalue weighted by Gasteiger charge is 2.32. The Morgan fingerprint density at radius 2 is 2.17 bits per heavy atom. The van der Waals surface area contributed by atoms with Gasteiger partial charge in [-0.2, -0.15) is 0 Å². The number of methoxy groups -OCH3 is 1. The van der Waals surface area contributed by atoms with Crippen molar-refractivity contribution in [3.63, 3.8) is 0 Å². The smallest absolute Gasteiger partial charge is 0.266 e. The number of hydrogen-bond donors (Lipinski definition) is 1. The van der Waals surface area contributed by atoms with Gasteiger partial charge in [-0.3, -0.25) is 14.5 Å². The van der Waals surface area contributed by atoms with Gasteiger partial charge < -0.3 is 14.7 Å². The molecule has 30 heavy (non-hydrogen) atoms. The highest BCUT2D eigenvalue weighted by Crippen LogP contribution is 2.34. The van der Waals surface area contributed by atoms with Gasteiger partial charge in [-0.15, -0.1) is 0 Å². The lowest BCUT2D eigenvalue weighted by Gasteiger charge is -2.35. The number of rotatable bonds is 8. The van der Waals surface area contributed by atoms with E-state index in [2.05, 4.69) is 0 Å². The second-order valence-electron chi connectivity index (χ2n) is 7.43. The predicted octanol–water partition coefficient (Wildman–Crippen LogP) is 3.44. The molecular formula is C22H28N2O4S2.